The van der Waals surface area contributed by atoms with Crippen LogP contribution in [0.2, 0.25) is 0 Å². The van der Waals surface area contributed by atoms with Crippen molar-refractivity contribution in [2.24, 2.45) is 5.92 Å². The maximum absolute atomic E-state index is 11.7. The molecule has 1 unspecified atom stereocenters. The molecule has 0 saturated heterocycles. The van der Waals surface area contributed by atoms with Crippen molar-refractivity contribution in [3.8, 4) is 5.75 Å². The fourth-order valence-electron chi connectivity index (χ4n) is 2.07. The zero-order valence-corrected chi connectivity index (χ0v) is 12.5. The Morgan fingerprint density at radius 1 is 1.30 bits per heavy atom. The molecule has 0 aliphatic heterocycles. The van der Waals surface area contributed by atoms with Crippen LogP contribution >= 0.6 is 11.8 Å². The summed E-state index contributed by atoms with van der Waals surface area (Å²) in [7, 11) is 1.64. The van der Waals surface area contributed by atoms with Gasteiger partial charge >= 0.3 is 5.97 Å². The molecule has 1 aromatic rings. The van der Waals surface area contributed by atoms with E-state index in [0.29, 0.717) is 18.3 Å². The molecule has 0 fully saturated rings. The number of esters is 1. The van der Waals surface area contributed by atoms with E-state index in [4.69, 9.17) is 9.47 Å². The Kier molecular flexibility index (Phi) is 5.99. The van der Waals surface area contributed by atoms with Crippen LogP contribution in [0.3, 0.4) is 0 Å². The first-order valence-corrected chi connectivity index (χ1v) is 7.84. The van der Waals surface area contributed by atoms with Crippen molar-refractivity contribution in [1.82, 2.24) is 0 Å². The summed E-state index contributed by atoms with van der Waals surface area (Å²) < 4.78 is 10.4. The summed E-state index contributed by atoms with van der Waals surface area (Å²) in [5, 5.41) is 0. The third-order valence-electron chi connectivity index (χ3n) is 3.27. The molecule has 0 heterocycles. The molecule has 1 aromatic carbocycles. The third-order valence-corrected chi connectivity index (χ3v) is 4.26. The smallest absolute Gasteiger partial charge is 0.316 e. The molecule has 0 saturated carbocycles. The van der Waals surface area contributed by atoms with Crippen LogP contribution in [0.25, 0.3) is 0 Å². The Balaban J connectivity index is 1.67. The molecule has 0 spiro atoms. The largest absolute Gasteiger partial charge is 0.497 e. The minimum Gasteiger partial charge on any atom is -0.497 e. The topological polar surface area (TPSA) is 35.5 Å². The normalized spacial score (nSPS) is 17.8. The van der Waals surface area contributed by atoms with E-state index in [-0.39, 0.29) is 5.97 Å². The molecule has 1 atom stereocenters. The number of allylic oxidation sites excluding steroid dienone is 2. The van der Waals surface area contributed by atoms with Gasteiger partial charge in [0.2, 0.25) is 0 Å². The van der Waals surface area contributed by atoms with Crippen molar-refractivity contribution < 1.29 is 14.3 Å². The van der Waals surface area contributed by atoms with E-state index in [1.165, 1.54) is 11.8 Å². The average molecular weight is 292 g/mol. The van der Waals surface area contributed by atoms with Gasteiger partial charge in [-0.05, 0) is 49.4 Å². The molecule has 0 bridgehead atoms. The number of ether oxygens (including phenoxy) is 2. The van der Waals surface area contributed by atoms with Crippen molar-refractivity contribution in [3.05, 3.63) is 36.4 Å². The molecule has 1 aliphatic rings. The summed E-state index contributed by atoms with van der Waals surface area (Å²) in [5.74, 6) is 1.53. The van der Waals surface area contributed by atoms with Crippen LogP contribution in [-0.2, 0) is 9.53 Å². The summed E-state index contributed by atoms with van der Waals surface area (Å²) in [6.07, 6.45) is 7.61. The lowest BCUT2D eigenvalue weighted by Gasteiger charge is -2.17. The second-order valence-corrected chi connectivity index (χ2v) is 5.85. The van der Waals surface area contributed by atoms with Gasteiger partial charge in [-0.25, -0.2) is 0 Å². The second-order valence-electron chi connectivity index (χ2n) is 4.80. The Hall–Kier alpha value is -1.42. The van der Waals surface area contributed by atoms with Crippen LogP contribution in [0.1, 0.15) is 19.3 Å². The summed E-state index contributed by atoms with van der Waals surface area (Å²) in [5.41, 5.74) is 0. The first-order chi connectivity index (χ1) is 9.78. The van der Waals surface area contributed by atoms with Gasteiger partial charge in [0, 0.05) is 4.90 Å². The third kappa shape index (κ3) is 4.93. The van der Waals surface area contributed by atoms with E-state index < -0.39 is 0 Å². The van der Waals surface area contributed by atoms with Gasteiger partial charge in [-0.15, -0.1) is 11.8 Å². The van der Waals surface area contributed by atoms with Gasteiger partial charge in [0.15, 0.2) is 0 Å². The molecule has 20 heavy (non-hydrogen) atoms. The number of thioether (sulfide) groups is 1. The molecule has 108 valence electrons. The Bertz CT molecular complexity index is 453. The maximum Gasteiger partial charge on any atom is 0.316 e. The molecule has 0 aromatic heterocycles. The second kappa shape index (κ2) is 8.00. The van der Waals surface area contributed by atoms with E-state index in [9.17, 15) is 4.79 Å². The molecule has 3 nitrogen and oxygen atoms in total. The highest BCUT2D eigenvalue weighted by Crippen LogP contribution is 2.22. The van der Waals surface area contributed by atoms with Gasteiger partial charge in [0.05, 0.1) is 19.5 Å². The zero-order chi connectivity index (χ0) is 14.2. The Labute approximate surface area is 124 Å². The van der Waals surface area contributed by atoms with Gasteiger partial charge in [-0.3, -0.25) is 4.79 Å². The molecule has 0 amide bonds. The van der Waals surface area contributed by atoms with Crippen molar-refractivity contribution in [3.63, 3.8) is 0 Å². The van der Waals surface area contributed by atoms with Crippen LogP contribution in [0.5, 0.6) is 5.75 Å². The van der Waals surface area contributed by atoms with Crippen molar-refractivity contribution >= 4 is 17.7 Å². The number of benzene rings is 1. The monoisotopic (exact) mass is 292 g/mol. The van der Waals surface area contributed by atoms with Crippen LogP contribution in [0, 0.1) is 5.92 Å². The molecular formula is C16H20O3S. The highest BCUT2D eigenvalue weighted by atomic mass is 32.2. The van der Waals surface area contributed by atoms with Crippen LogP contribution in [-0.4, -0.2) is 25.4 Å². The molecular weight excluding hydrogens is 272 g/mol. The van der Waals surface area contributed by atoms with E-state index in [1.54, 1.807) is 7.11 Å². The van der Waals surface area contributed by atoms with Crippen molar-refractivity contribution in [2.75, 3.05) is 19.5 Å². The Morgan fingerprint density at radius 2 is 2.10 bits per heavy atom. The predicted molar refractivity (Wildman–Crippen MR) is 81.2 cm³/mol. The van der Waals surface area contributed by atoms with E-state index in [1.807, 2.05) is 24.3 Å². The summed E-state index contributed by atoms with van der Waals surface area (Å²) >= 11 is 1.49. The van der Waals surface area contributed by atoms with Gasteiger partial charge in [-0.2, -0.15) is 0 Å². The van der Waals surface area contributed by atoms with E-state index >= 15 is 0 Å². The highest BCUT2D eigenvalue weighted by Gasteiger charge is 2.12. The number of methoxy groups -OCH3 is 1. The Morgan fingerprint density at radius 3 is 2.75 bits per heavy atom. The fourth-order valence-corrected chi connectivity index (χ4v) is 2.77. The number of hydrogen-bond donors (Lipinski definition) is 0. The molecule has 4 heteroatoms. The number of carbonyl (C=O) groups is 1. The minimum atomic E-state index is -0.139. The molecule has 1 aliphatic carbocycles. The lowest BCUT2D eigenvalue weighted by Crippen LogP contribution is -2.16. The van der Waals surface area contributed by atoms with E-state index in [2.05, 4.69) is 12.2 Å². The SMILES string of the molecule is COc1ccc(SCC(=O)OCC2CC=CCC2)cc1. The first kappa shape index (κ1) is 15.0. The predicted octanol–water partition coefficient (Wildman–Crippen LogP) is 3.69. The fraction of sp³-hybridized carbons (Fsp3) is 0.438. The summed E-state index contributed by atoms with van der Waals surface area (Å²) in [6.45, 7) is 0.548. The molecule has 2 rings (SSSR count). The number of hydrogen-bond acceptors (Lipinski definition) is 4. The molecule has 0 radical (unpaired) electrons. The van der Waals surface area contributed by atoms with Gasteiger partial charge in [0.25, 0.3) is 0 Å². The lowest BCUT2D eigenvalue weighted by atomic mass is 9.95. The minimum absolute atomic E-state index is 0.139. The number of rotatable bonds is 6. The zero-order valence-electron chi connectivity index (χ0n) is 11.7. The van der Waals surface area contributed by atoms with Crippen molar-refractivity contribution in [2.45, 2.75) is 24.2 Å². The number of carbonyl (C=O) groups excluding carboxylic acids is 1. The quantitative estimate of drug-likeness (QED) is 0.455. The van der Waals surface area contributed by atoms with Crippen LogP contribution < -0.4 is 4.74 Å². The molecule has 0 N–H and O–H groups in total. The first-order valence-electron chi connectivity index (χ1n) is 6.85. The van der Waals surface area contributed by atoms with Crippen LogP contribution in [0.15, 0.2) is 41.3 Å². The van der Waals surface area contributed by atoms with E-state index in [0.717, 1.165) is 29.9 Å². The van der Waals surface area contributed by atoms with Crippen LogP contribution in [0.4, 0.5) is 0 Å². The average Bonchev–Trinajstić information content (AvgIpc) is 2.52. The van der Waals surface area contributed by atoms with Gasteiger partial charge < -0.3 is 9.47 Å². The lowest BCUT2D eigenvalue weighted by molar-refractivity contribution is -0.141. The van der Waals surface area contributed by atoms with Crippen molar-refractivity contribution in [1.29, 1.82) is 0 Å². The van der Waals surface area contributed by atoms with Gasteiger partial charge in [-0.1, -0.05) is 12.2 Å². The van der Waals surface area contributed by atoms with Gasteiger partial charge in [0.1, 0.15) is 5.75 Å². The maximum atomic E-state index is 11.7. The summed E-state index contributed by atoms with van der Waals surface area (Å²) in [4.78, 5) is 12.7. The highest BCUT2D eigenvalue weighted by molar-refractivity contribution is 8.00. The standard InChI is InChI=1S/C16H20O3S/c1-18-14-7-9-15(10-8-14)20-12-16(17)19-11-13-5-3-2-4-6-13/h2-3,7-10,13H,4-6,11-12H2,1H3. The summed E-state index contributed by atoms with van der Waals surface area (Å²) in [6, 6.07) is 7.68.